The first-order valence-electron chi connectivity index (χ1n) is 11.5. The molecule has 9 nitrogen and oxygen atoms in total. The molecule has 0 unspecified atom stereocenters. The van der Waals surface area contributed by atoms with Crippen LogP contribution in [0, 0.1) is 19.7 Å². The molecule has 4 rings (SSSR count). The molecule has 2 aromatic carbocycles. The molecule has 186 valence electrons. The van der Waals surface area contributed by atoms with E-state index < -0.39 is 17.7 Å². The minimum atomic E-state index is -0.608. The number of halogens is 1. The largest absolute Gasteiger partial charge is 0.343 e. The molecule has 2 heterocycles. The highest BCUT2D eigenvalue weighted by atomic mass is 19.1. The number of nitrogens with zero attached hydrogens (tertiary/aromatic N) is 2. The number of rotatable bonds is 6. The highest BCUT2D eigenvalue weighted by Crippen LogP contribution is 2.22. The van der Waals surface area contributed by atoms with Crippen LogP contribution in [0.4, 0.5) is 10.1 Å². The van der Waals surface area contributed by atoms with Crippen molar-refractivity contribution in [3.05, 3.63) is 82.9 Å². The van der Waals surface area contributed by atoms with E-state index in [4.69, 9.17) is 0 Å². The molecule has 1 aromatic heterocycles. The molecule has 0 bridgehead atoms. The summed E-state index contributed by atoms with van der Waals surface area (Å²) in [7, 11) is 0. The van der Waals surface area contributed by atoms with Crippen molar-refractivity contribution in [2.75, 3.05) is 18.0 Å². The van der Waals surface area contributed by atoms with Gasteiger partial charge < -0.3 is 14.8 Å². The van der Waals surface area contributed by atoms with E-state index in [2.05, 4.69) is 16.2 Å². The van der Waals surface area contributed by atoms with E-state index in [1.54, 1.807) is 58.9 Å². The lowest BCUT2D eigenvalue weighted by atomic mass is 10.2. The van der Waals surface area contributed by atoms with E-state index in [9.17, 15) is 23.6 Å². The number of aromatic nitrogens is 1. The lowest BCUT2D eigenvalue weighted by molar-refractivity contribution is -0.121. The maximum Gasteiger partial charge on any atom is 0.271 e. The highest BCUT2D eigenvalue weighted by Gasteiger charge is 2.22. The monoisotopic (exact) mass is 491 g/mol. The fourth-order valence-electron chi connectivity index (χ4n) is 4.19. The second-order valence-corrected chi connectivity index (χ2v) is 8.48. The summed E-state index contributed by atoms with van der Waals surface area (Å²) in [4.78, 5) is 50.7. The molecule has 0 aliphatic carbocycles. The van der Waals surface area contributed by atoms with Crippen LogP contribution in [0.25, 0.3) is 5.69 Å². The molecule has 1 aliphatic rings. The van der Waals surface area contributed by atoms with Gasteiger partial charge in [0.25, 0.3) is 17.7 Å². The Morgan fingerprint density at radius 2 is 1.58 bits per heavy atom. The Kier molecular flexibility index (Phi) is 7.14. The van der Waals surface area contributed by atoms with Crippen molar-refractivity contribution in [3.8, 4) is 5.69 Å². The van der Waals surface area contributed by atoms with Gasteiger partial charge in [-0.05, 0) is 74.9 Å². The molecule has 0 radical (unpaired) electrons. The number of amides is 4. The van der Waals surface area contributed by atoms with Crippen molar-refractivity contribution >= 4 is 29.3 Å². The molecule has 0 saturated carbocycles. The maximum atomic E-state index is 13.3. The van der Waals surface area contributed by atoms with E-state index in [-0.39, 0.29) is 18.3 Å². The van der Waals surface area contributed by atoms with E-state index in [1.807, 2.05) is 6.92 Å². The predicted molar refractivity (Wildman–Crippen MR) is 131 cm³/mol. The number of nitrogens with one attached hydrogen (secondary N) is 3. The van der Waals surface area contributed by atoms with Gasteiger partial charge in [0, 0.05) is 41.3 Å². The first kappa shape index (κ1) is 24.6. The standard InChI is InChI=1S/C26H26FN5O4/c1-16-14-22(17(2)32(16)21-11-7-19(27)8-12-21)26(36)30-29-23(33)15-28-25(35)18-5-9-20(10-6-18)31-13-3-4-24(31)34/h5-12,14H,3-4,13,15H2,1-2H3,(H,28,35)(H,29,33)(H,30,36). The lowest BCUT2D eigenvalue weighted by Gasteiger charge is -2.15. The fourth-order valence-corrected chi connectivity index (χ4v) is 4.19. The van der Waals surface area contributed by atoms with Crippen LogP contribution in [-0.4, -0.2) is 41.3 Å². The van der Waals surface area contributed by atoms with Crippen molar-refractivity contribution in [1.82, 2.24) is 20.7 Å². The normalized spacial score (nSPS) is 13.0. The second kappa shape index (κ2) is 10.4. The number of hydrogen-bond acceptors (Lipinski definition) is 4. The molecular weight excluding hydrogens is 465 g/mol. The highest BCUT2D eigenvalue weighted by molar-refractivity contribution is 5.99. The molecule has 1 fully saturated rings. The molecule has 10 heteroatoms. The Balaban J connectivity index is 1.29. The van der Waals surface area contributed by atoms with E-state index in [1.165, 1.54) is 12.1 Å². The minimum absolute atomic E-state index is 0.0586. The van der Waals surface area contributed by atoms with Gasteiger partial charge in [-0.25, -0.2) is 4.39 Å². The Morgan fingerprint density at radius 3 is 2.22 bits per heavy atom. The first-order chi connectivity index (χ1) is 17.2. The van der Waals surface area contributed by atoms with Crippen LogP contribution >= 0.6 is 0 Å². The quantitative estimate of drug-likeness (QED) is 0.460. The third kappa shape index (κ3) is 5.27. The topological polar surface area (TPSA) is 113 Å². The number of hydrogen-bond donors (Lipinski definition) is 3. The lowest BCUT2D eigenvalue weighted by Crippen LogP contribution is -2.46. The molecule has 1 saturated heterocycles. The van der Waals surface area contributed by atoms with Crippen LogP contribution in [0.3, 0.4) is 0 Å². The van der Waals surface area contributed by atoms with Crippen molar-refractivity contribution in [1.29, 1.82) is 0 Å². The predicted octanol–water partition coefficient (Wildman–Crippen LogP) is 2.55. The number of carbonyl (C=O) groups is 4. The smallest absolute Gasteiger partial charge is 0.271 e. The van der Waals surface area contributed by atoms with Crippen molar-refractivity contribution < 1.29 is 23.6 Å². The summed E-state index contributed by atoms with van der Waals surface area (Å²) < 4.78 is 15.1. The number of carbonyl (C=O) groups excluding carboxylic acids is 4. The Labute approximate surface area is 207 Å². The number of aryl methyl sites for hydroxylation is 1. The van der Waals surface area contributed by atoms with Crippen molar-refractivity contribution in [2.24, 2.45) is 0 Å². The number of hydrazine groups is 1. The third-order valence-electron chi connectivity index (χ3n) is 6.00. The van der Waals surface area contributed by atoms with E-state index in [0.29, 0.717) is 35.5 Å². The fraction of sp³-hybridized carbons (Fsp3) is 0.231. The Morgan fingerprint density at radius 1 is 0.917 bits per heavy atom. The molecular formula is C26H26FN5O4. The van der Waals surface area contributed by atoms with Crippen molar-refractivity contribution in [3.63, 3.8) is 0 Å². The molecule has 4 amide bonds. The Hall–Kier alpha value is -4.47. The van der Waals surface area contributed by atoms with Gasteiger partial charge >= 0.3 is 0 Å². The molecule has 36 heavy (non-hydrogen) atoms. The van der Waals surface area contributed by atoms with Crippen LogP contribution in [0.1, 0.15) is 44.9 Å². The summed E-state index contributed by atoms with van der Waals surface area (Å²) >= 11 is 0. The molecule has 3 aromatic rings. The van der Waals surface area contributed by atoms with Gasteiger partial charge in [0.2, 0.25) is 5.91 Å². The summed E-state index contributed by atoms with van der Waals surface area (Å²) in [5.41, 5.74) is 8.15. The van der Waals surface area contributed by atoms with Crippen LogP contribution in [0.15, 0.2) is 54.6 Å². The average molecular weight is 492 g/mol. The molecule has 0 atom stereocenters. The summed E-state index contributed by atoms with van der Waals surface area (Å²) in [6, 6.07) is 14.1. The van der Waals surface area contributed by atoms with Crippen LogP contribution in [0.2, 0.25) is 0 Å². The average Bonchev–Trinajstić information content (AvgIpc) is 3.43. The van der Waals surface area contributed by atoms with Gasteiger partial charge in [0.15, 0.2) is 0 Å². The summed E-state index contributed by atoms with van der Waals surface area (Å²) in [6.07, 6.45) is 1.33. The van der Waals surface area contributed by atoms with Gasteiger partial charge in [-0.1, -0.05) is 0 Å². The Bertz CT molecular complexity index is 1320. The summed E-state index contributed by atoms with van der Waals surface area (Å²) in [6.45, 7) is 3.88. The van der Waals surface area contributed by atoms with E-state index >= 15 is 0 Å². The SMILES string of the molecule is Cc1cc(C(=O)NNC(=O)CNC(=O)c2ccc(N3CCCC3=O)cc2)c(C)n1-c1ccc(F)cc1. The number of anilines is 1. The van der Waals surface area contributed by atoms with Crippen LogP contribution in [-0.2, 0) is 9.59 Å². The van der Waals surface area contributed by atoms with Gasteiger partial charge in [-0.15, -0.1) is 0 Å². The third-order valence-corrected chi connectivity index (χ3v) is 6.00. The molecule has 1 aliphatic heterocycles. The first-order valence-corrected chi connectivity index (χ1v) is 11.5. The van der Waals surface area contributed by atoms with Gasteiger partial charge in [0.1, 0.15) is 5.82 Å². The zero-order chi connectivity index (χ0) is 25.8. The van der Waals surface area contributed by atoms with Gasteiger partial charge in [0.05, 0.1) is 12.1 Å². The molecule has 0 spiro atoms. The second-order valence-electron chi connectivity index (χ2n) is 8.48. The summed E-state index contributed by atoms with van der Waals surface area (Å²) in [5.74, 6) is -1.89. The molecule has 3 N–H and O–H groups in total. The zero-order valence-electron chi connectivity index (χ0n) is 19.9. The van der Waals surface area contributed by atoms with Crippen LogP contribution in [0.5, 0.6) is 0 Å². The summed E-state index contributed by atoms with van der Waals surface area (Å²) in [5, 5.41) is 2.49. The van der Waals surface area contributed by atoms with Gasteiger partial charge in [-0.3, -0.25) is 30.0 Å². The van der Waals surface area contributed by atoms with Crippen molar-refractivity contribution in [2.45, 2.75) is 26.7 Å². The minimum Gasteiger partial charge on any atom is -0.343 e. The van der Waals surface area contributed by atoms with Gasteiger partial charge in [-0.2, -0.15) is 0 Å². The maximum absolute atomic E-state index is 13.3. The number of benzene rings is 2. The van der Waals surface area contributed by atoms with E-state index in [0.717, 1.165) is 17.8 Å². The van der Waals surface area contributed by atoms with Crippen LogP contribution < -0.4 is 21.1 Å². The zero-order valence-corrected chi connectivity index (χ0v) is 19.9.